The molecule has 0 bridgehead atoms. The van der Waals surface area contributed by atoms with Crippen molar-refractivity contribution in [3.63, 3.8) is 0 Å². The summed E-state index contributed by atoms with van der Waals surface area (Å²) < 4.78 is 40.1. The first-order valence-electron chi connectivity index (χ1n) is 7.04. The summed E-state index contributed by atoms with van der Waals surface area (Å²) in [5.41, 5.74) is 0.466. The van der Waals surface area contributed by atoms with Gasteiger partial charge in [-0.2, -0.15) is 4.31 Å². The highest BCUT2D eigenvalue weighted by Crippen LogP contribution is 2.32. The molecule has 2 rings (SSSR count). The summed E-state index contributed by atoms with van der Waals surface area (Å²) in [5, 5.41) is 3.08. The molecule has 21 heavy (non-hydrogen) atoms. The Bertz CT molecular complexity index is 618. The molecule has 1 aromatic rings. The van der Waals surface area contributed by atoms with Crippen LogP contribution in [0.1, 0.15) is 31.7 Å². The number of nitrogens with zero attached hydrogens (tertiary/aromatic N) is 1. The Morgan fingerprint density at radius 2 is 2.10 bits per heavy atom. The summed E-state index contributed by atoms with van der Waals surface area (Å²) in [5.74, 6) is -0.699. The summed E-state index contributed by atoms with van der Waals surface area (Å²) in [7, 11) is -2.12. The zero-order valence-corrected chi connectivity index (χ0v) is 13.8. The van der Waals surface area contributed by atoms with Crippen molar-refractivity contribution in [2.24, 2.45) is 0 Å². The highest BCUT2D eigenvalue weighted by molar-refractivity contribution is 7.89. The molecule has 0 spiro atoms. The molecule has 0 radical (unpaired) electrons. The molecule has 0 unspecified atom stereocenters. The maximum Gasteiger partial charge on any atom is 0.243 e. The molecule has 4 nitrogen and oxygen atoms in total. The van der Waals surface area contributed by atoms with Gasteiger partial charge in [0.05, 0.1) is 9.92 Å². The first-order chi connectivity index (χ1) is 9.87. The van der Waals surface area contributed by atoms with Crippen molar-refractivity contribution in [2.45, 2.75) is 43.7 Å². The maximum atomic E-state index is 13.9. The third-order valence-electron chi connectivity index (χ3n) is 3.56. The molecule has 0 aliphatic heterocycles. The van der Waals surface area contributed by atoms with E-state index in [2.05, 4.69) is 5.32 Å². The van der Waals surface area contributed by atoms with Gasteiger partial charge in [0.1, 0.15) is 5.82 Å². The van der Waals surface area contributed by atoms with Crippen molar-refractivity contribution in [3.05, 3.63) is 28.5 Å². The molecule has 0 aromatic heterocycles. The molecule has 1 aliphatic rings. The standard InChI is InChI=1S/C14H20ClFN2O2S/c1-3-6-17-9-10-7-12(8-13(16)14(10)15)21(19,20)18(2)11-4-5-11/h7-8,11,17H,3-6,9H2,1-2H3. The Balaban J connectivity index is 2.31. The van der Waals surface area contributed by atoms with Gasteiger partial charge in [0.25, 0.3) is 0 Å². The highest BCUT2D eigenvalue weighted by atomic mass is 35.5. The zero-order valence-electron chi connectivity index (χ0n) is 12.2. The van der Waals surface area contributed by atoms with Crippen molar-refractivity contribution in [1.29, 1.82) is 0 Å². The van der Waals surface area contributed by atoms with Gasteiger partial charge in [-0.15, -0.1) is 0 Å². The zero-order chi connectivity index (χ0) is 15.6. The second kappa shape index (κ2) is 6.60. The van der Waals surface area contributed by atoms with Crippen LogP contribution in [0.3, 0.4) is 0 Å². The fourth-order valence-corrected chi connectivity index (χ4v) is 3.75. The molecule has 118 valence electrons. The molecule has 1 aromatic carbocycles. The van der Waals surface area contributed by atoms with Gasteiger partial charge in [-0.3, -0.25) is 0 Å². The number of benzene rings is 1. The fourth-order valence-electron chi connectivity index (χ4n) is 2.10. The van der Waals surface area contributed by atoms with Crippen LogP contribution in [0.4, 0.5) is 4.39 Å². The Hall–Kier alpha value is -0.690. The van der Waals surface area contributed by atoms with Crippen LogP contribution in [0, 0.1) is 5.82 Å². The van der Waals surface area contributed by atoms with Crippen LogP contribution in [0.2, 0.25) is 5.02 Å². The molecule has 1 saturated carbocycles. The molecule has 0 amide bonds. The van der Waals surface area contributed by atoms with E-state index < -0.39 is 15.8 Å². The molecule has 0 heterocycles. The van der Waals surface area contributed by atoms with E-state index in [9.17, 15) is 12.8 Å². The Kier molecular flexibility index (Phi) is 5.24. The number of sulfonamides is 1. The minimum absolute atomic E-state index is 0.0216. The van der Waals surface area contributed by atoms with E-state index >= 15 is 0 Å². The van der Waals surface area contributed by atoms with Crippen LogP contribution in [0.15, 0.2) is 17.0 Å². The van der Waals surface area contributed by atoms with Crippen molar-refractivity contribution in [2.75, 3.05) is 13.6 Å². The quantitative estimate of drug-likeness (QED) is 0.780. The first-order valence-corrected chi connectivity index (χ1v) is 8.86. The molecule has 0 saturated heterocycles. The lowest BCUT2D eigenvalue weighted by Crippen LogP contribution is -2.29. The Labute approximate surface area is 130 Å². The average molecular weight is 335 g/mol. The number of nitrogens with one attached hydrogen (secondary N) is 1. The SMILES string of the molecule is CCCNCc1cc(S(=O)(=O)N(C)C2CC2)cc(F)c1Cl. The van der Waals surface area contributed by atoms with Gasteiger partial charge in [0.15, 0.2) is 0 Å². The normalized spacial score (nSPS) is 15.7. The third kappa shape index (κ3) is 3.74. The van der Waals surface area contributed by atoms with Gasteiger partial charge in [-0.05, 0) is 43.5 Å². The first kappa shape index (κ1) is 16.7. The van der Waals surface area contributed by atoms with E-state index in [1.165, 1.54) is 17.4 Å². The van der Waals surface area contributed by atoms with E-state index in [-0.39, 0.29) is 16.0 Å². The lowest BCUT2D eigenvalue weighted by molar-refractivity contribution is 0.463. The van der Waals surface area contributed by atoms with Gasteiger partial charge in [-0.25, -0.2) is 12.8 Å². The average Bonchev–Trinajstić information content (AvgIpc) is 3.27. The molecule has 1 fully saturated rings. The summed E-state index contributed by atoms with van der Waals surface area (Å²) in [6, 6.07) is 2.50. The largest absolute Gasteiger partial charge is 0.313 e. The fraction of sp³-hybridized carbons (Fsp3) is 0.571. The lowest BCUT2D eigenvalue weighted by Gasteiger charge is -2.17. The second-order valence-electron chi connectivity index (χ2n) is 5.31. The van der Waals surface area contributed by atoms with Crippen molar-refractivity contribution < 1.29 is 12.8 Å². The van der Waals surface area contributed by atoms with Crippen LogP contribution < -0.4 is 5.32 Å². The number of halogens is 2. The molecule has 0 atom stereocenters. The number of hydrogen-bond donors (Lipinski definition) is 1. The van der Waals surface area contributed by atoms with E-state index in [0.717, 1.165) is 31.9 Å². The Morgan fingerprint density at radius 3 is 2.67 bits per heavy atom. The van der Waals surface area contributed by atoms with E-state index in [0.29, 0.717) is 12.1 Å². The predicted octanol–water partition coefficient (Wildman–Crippen LogP) is 2.76. The summed E-state index contributed by atoms with van der Waals surface area (Å²) in [6.45, 7) is 3.12. The van der Waals surface area contributed by atoms with Crippen molar-refractivity contribution >= 4 is 21.6 Å². The van der Waals surface area contributed by atoms with Gasteiger partial charge < -0.3 is 5.32 Å². The van der Waals surface area contributed by atoms with Crippen LogP contribution in [-0.4, -0.2) is 32.4 Å². The van der Waals surface area contributed by atoms with Crippen LogP contribution in [0.25, 0.3) is 0 Å². The van der Waals surface area contributed by atoms with Crippen molar-refractivity contribution in [1.82, 2.24) is 9.62 Å². The van der Waals surface area contributed by atoms with Crippen LogP contribution in [0.5, 0.6) is 0 Å². The van der Waals surface area contributed by atoms with E-state index in [1.54, 1.807) is 0 Å². The predicted molar refractivity (Wildman–Crippen MR) is 81.4 cm³/mol. The van der Waals surface area contributed by atoms with Crippen LogP contribution in [-0.2, 0) is 16.6 Å². The minimum Gasteiger partial charge on any atom is -0.313 e. The number of rotatable bonds is 7. The molecule has 1 N–H and O–H groups in total. The van der Waals surface area contributed by atoms with Gasteiger partial charge in [-0.1, -0.05) is 18.5 Å². The molecular weight excluding hydrogens is 315 g/mol. The smallest absolute Gasteiger partial charge is 0.243 e. The van der Waals surface area contributed by atoms with E-state index in [4.69, 9.17) is 11.6 Å². The summed E-state index contributed by atoms with van der Waals surface area (Å²) in [6.07, 6.45) is 2.65. The third-order valence-corrected chi connectivity index (χ3v) is 5.87. The Morgan fingerprint density at radius 1 is 1.43 bits per heavy atom. The van der Waals surface area contributed by atoms with Crippen molar-refractivity contribution in [3.8, 4) is 0 Å². The van der Waals surface area contributed by atoms with E-state index in [1.807, 2.05) is 6.92 Å². The van der Waals surface area contributed by atoms with Crippen LogP contribution >= 0.6 is 11.6 Å². The second-order valence-corrected chi connectivity index (χ2v) is 7.68. The van der Waals surface area contributed by atoms with Gasteiger partial charge in [0, 0.05) is 19.6 Å². The highest BCUT2D eigenvalue weighted by Gasteiger charge is 2.35. The van der Waals surface area contributed by atoms with Gasteiger partial charge >= 0.3 is 0 Å². The topological polar surface area (TPSA) is 49.4 Å². The minimum atomic E-state index is -3.66. The molecule has 1 aliphatic carbocycles. The maximum absolute atomic E-state index is 13.9. The monoisotopic (exact) mass is 334 g/mol. The van der Waals surface area contributed by atoms with Gasteiger partial charge in [0.2, 0.25) is 10.0 Å². The molecule has 7 heteroatoms. The summed E-state index contributed by atoms with van der Waals surface area (Å²) >= 11 is 5.93. The summed E-state index contributed by atoms with van der Waals surface area (Å²) in [4.78, 5) is -0.0351. The molecular formula is C14H20ClFN2O2S. The lowest BCUT2D eigenvalue weighted by atomic mass is 10.2. The number of hydrogen-bond acceptors (Lipinski definition) is 3.